The Hall–Kier alpha value is -2.82. The highest BCUT2D eigenvalue weighted by Crippen LogP contribution is 2.27. The lowest BCUT2D eigenvalue weighted by molar-refractivity contribution is -0.123. The first-order chi connectivity index (χ1) is 13.3. The number of amides is 1. The molecule has 5 heteroatoms. The van der Waals surface area contributed by atoms with Crippen LogP contribution in [0.25, 0.3) is 0 Å². The number of hydrogen-bond donors (Lipinski definition) is 1. The van der Waals surface area contributed by atoms with E-state index in [4.69, 9.17) is 9.47 Å². The Morgan fingerprint density at radius 3 is 2.33 bits per heavy atom. The van der Waals surface area contributed by atoms with Crippen LogP contribution in [-0.2, 0) is 4.79 Å². The average molecular weight is 366 g/mol. The maximum Gasteiger partial charge on any atom is 0.277 e. The van der Waals surface area contributed by atoms with Gasteiger partial charge in [-0.05, 0) is 42.7 Å². The number of benzene rings is 2. The number of hydrazone groups is 1. The number of nitrogens with one attached hydrogen (secondary N) is 1. The lowest BCUT2D eigenvalue weighted by atomic mass is 9.83. The molecule has 0 radical (unpaired) electrons. The Labute approximate surface area is 160 Å². The first-order valence-corrected chi connectivity index (χ1v) is 9.45. The first kappa shape index (κ1) is 19.0. The summed E-state index contributed by atoms with van der Waals surface area (Å²) in [6, 6.07) is 17.2. The van der Waals surface area contributed by atoms with Crippen molar-refractivity contribution in [2.24, 2.45) is 11.0 Å². The number of nitrogens with zero attached hydrogens (tertiary/aromatic N) is 1. The van der Waals surface area contributed by atoms with Gasteiger partial charge in [0.15, 0.2) is 6.61 Å². The van der Waals surface area contributed by atoms with Gasteiger partial charge in [-0.3, -0.25) is 4.79 Å². The standard InChI is InChI=1S/C22H26N2O3/c1-26-19-12-14-20(15-13-19)27-16-21(25)23-24-22(17-8-4-2-5-9-17)18-10-6-3-7-11-18/h2,4-5,8-9,12-15,18H,3,6-7,10-11,16H2,1H3,(H,23,25)/b24-22-. The van der Waals surface area contributed by atoms with Gasteiger partial charge in [-0.1, -0.05) is 49.6 Å². The van der Waals surface area contributed by atoms with E-state index in [1.807, 2.05) is 30.3 Å². The summed E-state index contributed by atoms with van der Waals surface area (Å²) >= 11 is 0. The zero-order valence-electron chi connectivity index (χ0n) is 15.7. The molecule has 2 aromatic rings. The second-order valence-corrected chi connectivity index (χ2v) is 6.70. The SMILES string of the molecule is COc1ccc(OCC(=O)N/N=C(/c2ccccc2)C2CCCCC2)cc1. The lowest BCUT2D eigenvalue weighted by Gasteiger charge is -2.23. The fourth-order valence-electron chi connectivity index (χ4n) is 3.35. The summed E-state index contributed by atoms with van der Waals surface area (Å²) in [6.45, 7) is -0.0808. The fraction of sp³-hybridized carbons (Fsp3) is 0.364. The molecule has 0 atom stereocenters. The topological polar surface area (TPSA) is 59.9 Å². The van der Waals surface area contributed by atoms with Crippen molar-refractivity contribution < 1.29 is 14.3 Å². The summed E-state index contributed by atoms with van der Waals surface area (Å²) in [5.41, 5.74) is 4.71. The number of rotatable bonds is 7. The van der Waals surface area contributed by atoms with Crippen LogP contribution < -0.4 is 14.9 Å². The summed E-state index contributed by atoms with van der Waals surface area (Å²) < 4.78 is 10.6. The van der Waals surface area contributed by atoms with Crippen LogP contribution in [0.4, 0.5) is 0 Å². The van der Waals surface area contributed by atoms with Crippen molar-refractivity contribution in [2.45, 2.75) is 32.1 Å². The molecule has 1 fully saturated rings. The lowest BCUT2D eigenvalue weighted by Crippen LogP contribution is -2.28. The monoisotopic (exact) mass is 366 g/mol. The second-order valence-electron chi connectivity index (χ2n) is 6.70. The number of hydrogen-bond acceptors (Lipinski definition) is 4. The molecule has 27 heavy (non-hydrogen) atoms. The molecule has 2 aromatic carbocycles. The van der Waals surface area contributed by atoms with Crippen molar-refractivity contribution in [3.63, 3.8) is 0 Å². The molecule has 0 saturated heterocycles. The molecule has 142 valence electrons. The van der Waals surface area contributed by atoms with E-state index in [0.717, 1.165) is 29.9 Å². The van der Waals surface area contributed by atoms with E-state index < -0.39 is 0 Å². The van der Waals surface area contributed by atoms with E-state index in [9.17, 15) is 4.79 Å². The predicted molar refractivity (Wildman–Crippen MR) is 106 cm³/mol. The normalized spacial score (nSPS) is 15.2. The van der Waals surface area contributed by atoms with Gasteiger partial charge in [0, 0.05) is 5.92 Å². The van der Waals surface area contributed by atoms with Crippen molar-refractivity contribution in [3.8, 4) is 11.5 Å². The highest BCUT2D eigenvalue weighted by atomic mass is 16.5. The molecule has 0 heterocycles. The van der Waals surface area contributed by atoms with Crippen LogP contribution in [0.1, 0.15) is 37.7 Å². The number of methoxy groups -OCH3 is 1. The maximum absolute atomic E-state index is 12.2. The summed E-state index contributed by atoms with van der Waals surface area (Å²) in [5.74, 6) is 1.49. The molecule has 1 amide bonds. The highest BCUT2D eigenvalue weighted by molar-refractivity contribution is 6.02. The molecule has 0 bridgehead atoms. The third-order valence-electron chi connectivity index (χ3n) is 4.79. The van der Waals surface area contributed by atoms with E-state index in [1.165, 1.54) is 19.3 Å². The van der Waals surface area contributed by atoms with E-state index >= 15 is 0 Å². The van der Waals surface area contributed by atoms with Crippen LogP contribution in [-0.4, -0.2) is 25.3 Å². The molecule has 0 spiro atoms. The van der Waals surface area contributed by atoms with Crippen molar-refractivity contribution in [2.75, 3.05) is 13.7 Å². The van der Waals surface area contributed by atoms with Crippen LogP contribution in [0.3, 0.4) is 0 Å². The third-order valence-corrected chi connectivity index (χ3v) is 4.79. The van der Waals surface area contributed by atoms with Gasteiger partial charge in [0.2, 0.25) is 0 Å². The van der Waals surface area contributed by atoms with Crippen LogP contribution in [0.15, 0.2) is 59.7 Å². The molecule has 0 aliphatic heterocycles. The molecule has 5 nitrogen and oxygen atoms in total. The molecule has 1 aliphatic carbocycles. The van der Waals surface area contributed by atoms with Crippen LogP contribution in [0.2, 0.25) is 0 Å². The summed E-state index contributed by atoms with van der Waals surface area (Å²) in [7, 11) is 1.61. The van der Waals surface area contributed by atoms with Crippen molar-refractivity contribution in [1.82, 2.24) is 5.43 Å². The fourth-order valence-corrected chi connectivity index (χ4v) is 3.35. The van der Waals surface area contributed by atoms with Crippen LogP contribution in [0, 0.1) is 5.92 Å². The second kappa shape index (κ2) is 9.76. The Kier molecular flexibility index (Phi) is 6.85. The quantitative estimate of drug-likeness (QED) is 0.591. The van der Waals surface area contributed by atoms with E-state index in [2.05, 4.69) is 10.5 Å². The van der Waals surface area contributed by atoms with E-state index in [0.29, 0.717) is 11.7 Å². The molecule has 0 unspecified atom stereocenters. The van der Waals surface area contributed by atoms with Gasteiger partial charge in [-0.2, -0.15) is 5.10 Å². The van der Waals surface area contributed by atoms with Gasteiger partial charge in [0.25, 0.3) is 5.91 Å². The summed E-state index contributed by atoms with van der Waals surface area (Å²) in [4.78, 5) is 12.2. The highest BCUT2D eigenvalue weighted by Gasteiger charge is 2.21. The number of carbonyl (C=O) groups excluding carboxylic acids is 1. The van der Waals surface area contributed by atoms with Gasteiger partial charge in [-0.15, -0.1) is 0 Å². The van der Waals surface area contributed by atoms with Crippen molar-refractivity contribution in [3.05, 3.63) is 60.2 Å². The minimum Gasteiger partial charge on any atom is -0.497 e. The first-order valence-electron chi connectivity index (χ1n) is 9.45. The van der Waals surface area contributed by atoms with Gasteiger partial charge >= 0.3 is 0 Å². The average Bonchev–Trinajstić information content (AvgIpc) is 2.74. The Morgan fingerprint density at radius 2 is 1.67 bits per heavy atom. The largest absolute Gasteiger partial charge is 0.497 e. The zero-order chi connectivity index (χ0) is 18.9. The molecular formula is C22H26N2O3. The predicted octanol–water partition coefficient (Wildman–Crippen LogP) is 4.17. The molecule has 1 aliphatic rings. The Balaban J connectivity index is 1.61. The molecule has 0 aromatic heterocycles. The molecule has 3 rings (SSSR count). The van der Waals surface area contributed by atoms with Gasteiger partial charge in [0.05, 0.1) is 12.8 Å². The van der Waals surface area contributed by atoms with E-state index in [-0.39, 0.29) is 12.5 Å². The minimum atomic E-state index is -0.268. The molecule has 1 N–H and O–H groups in total. The van der Waals surface area contributed by atoms with Crippen molar-refractivity contribution in [1.29, 1.82) is 0 Å². The zero-order valence-corrected chi connectivity index (χ0v) is 15.7. The number of carbonyl (C=O) groups is 1. The van der Waals surface area contributed by atoms with Gasteiger partial charge < -0.3 is 9.47 Å². The molecule has 1 saturated carbocycles. The Bertz CT molecular complexity index is 751. The van der Waals surface area contributed by atoms with Crippen LogP contribution >= 0.6 is 0 Å². The summed E-state index contributed by atoms with van der Waals surface area (Å²) in [6.07, 6.45) is 5.94. The van der Waals surface area contributed by atoms with Gasteiger partial charge in [0.1, 0.15) is 11.5 Å². The number of ether oxygens (including phenoxy) is 2. The molecular weight excluding hydrogens is 340 g/mol. The maximum atomic E-state index is 12.2. The van der Waals surface area contributed by atoms with Gasteiger partial charge in [-0.25, -0.2) is 5.43 Å². The smallest absolute Gasteiger partial charge is 0.277 e. The Morgan fingerprint density at radius 1 is 1.00 bits per heavy atom. The summed E-state index contributed by atoms with van der Waals surface area (Å²) in [5, 5.41) is 4.47. The van der Waals surface area contributed by atoms with E-state index in [1.54, 1.807) is 31.4 Å². The van der Waals surface area contributed by atoms with Crippen molar-refractivity contribution >= 4 is 11.6 Å². The third kappa shape index (κ3) is 5.58. The van der Waals surface area contributed by atoms with Crippen LogP contribution in [0.5, 0.6) is 11.5 Å². The minimum absolute atomic E-state index is 0.0808.